The average Bonchev–Trinajstić information content (AvgIpc) is 2.97. The van der Waals surface area contributed by atoms with Crippen molar-refractivity contribution in [2.24, 2.45) is 0 Å². The highest BCUT2D eigenvalue weighted by Gasteiger charge is 2.25. The second-order valence-corrected chi connectivity index (χ2v) is 14.1. The van der Waals surface area contributed by atoms with Gasteiger partial charge in [0.05, 0.1) is 0 Å². The summed E-state index contributed by atoms with van der Waals surface area (Å²) in [6, 6.07) is 47.5. The maximum atomic E-state index is 6.12. The molecule has 3 nitrogen and oxygen atoms in total. The van der Waals surface area contributed by atoms with E-state index < -0.39 is 8.32 Å². The lowest BCUT2D eigenvalue weighted by atomic mass is 10.1. The number of rotatable bonds is 9. The molecule has 0 bridgehead atoms. The zero-order chi connectivity index (χ0) is 27.2. The highest BCUT2D eigenvalue weighted by Crippen LogP contribution is 2.38. The van der Waals surface area contributed by atoms with Gasteiger partial charge in [0.1, 0.15) is 0 Å². The highest BCUT2D eigenvalue weighted by molar-refractivity contribution is 6.84. The lowest BCUT2D eigenvalue weighted by molar-refractivity contribution is 0.339. The first-order chi connectivity index (χ1) is 19.0. The molecule has 4 heteroatoms. The van der Waals surface area contributed by atoms with Crippen LogP contribution in [0.2, 0.25) is 13.1 Å². The smallest absolute Gasteiger partial charge is 0.218 e. The summed E-state index contributed by atoms with van der Waals surface area (Å²) in [4.78, 5) is 4.60. The standard InChI is InChI=1S/C35H36N2OSi/c1-5-38-39(3,4)35-26-24-34(25-27-35)37(30-14-10-7-11-15-30)33-22-20-32(21-23-33)36(29-12-8-6-9-13-29)31-18-16-28(2)17-19-31/h6-27H,5H2,1-4H3. The van der Waals surface area contributed by atoms with Gasteiger partial charge in [-0.3, -0.25) is 0 Å². The van der Waals surface area contributed by atoms with Crippen LogP contribution in [0.1, 0.15) is 12.5 Å². The summed E-state index contributed by atoms with van der Waals surface area (Å²) in [6.45, 7) is 9.45. The molecule has 0 aromatic heterocycles. The van der Waals surface area contributed by atoms with Crippen LogP contribution in [0.5, 0.6) is 0 Å². The summed E-state index contributed by atoms with van der Waals surface area (Å²) in [5.41, 5.74) is 7.98. The fraction of sp³-hybridized carbons (Fsp3) is 0.143. The molecule has 0 aliphatic heterocycles. The second kappa shape index (κ2) is 11.7. The van der Waals surface area contributed by atoms with Gasteiger partial charge in [-0.25, -0.2) is 0 Å². The van der Waals surface area contributed by atoms with Crippen molar-refractivity contribution in [2.75, 3.05) is 16.4 Å². The monoisotopic (exact) mass is 528 g/mol. The third-order valence-electron chi connectivity index (χ3n) is 7.01. The molecule has 0 aliphatic rings. The third kappa shape index (κ3) is 5.98. The fourth-order valence-electron chi connectivity index (χ4n) is 4.95. The van der Waals surface area contributed by atoms with E-state index in [0.29, 0.717) is 0 Å². The summed E-state index contributed by atoms with van der Waals surface area (Å²) in [6.07, 6.45) is 0. The normalized spacial score (nSPS) is 11.3. The summed E-state index contributed by atoms with van der Waals surface area (Å²) < 4.78 is 6.12. The van der Waals surface area contributed by atoms with Crippen LogP contribution in [-0.2, 0) is 4.43 Å². The maximum absolute atomic E-state index is 6.12. The van der Waals surface area contributed by atoms with Crippen LogP contribution in [0.15, 0.2) is 133 Å². The van der Waals surface area contributed by atoms with E-state index in [9.17, 15) is 0 Å². The van der Waals surface area contributed by atoms with Crippen molar-refractivity contribution >= 4 is 47.6 Å². The minimum atomic E-state index is -1.91. The Bertz CT molecular complexity index is 1470. The van der Waals surface area contributed by atoms with Crippen LogP contribution in [0.3, 0.4) is 0 Å². The van der Waals surface area contributed by atoms with Crippen LogP contribution in [0.25, 0.3) is 0 Å². The number of para-hydroxylation sites is 2. The van der Waals surface area contributed by atoms with Crippen LogP contribution in [0, 0.1) is 6.92 Å². The summed E-state index contributed by atoms with van der Waals surface area (Å²) in [5, 5.41) is 1.30. The molecule has 0 fully saturated rings. The van der Waals surface area contributed by atoms with E-state index >= 15 is 0 Å². The molecule has 5 rings (SSSR count). The molecule has 0 aliphatic carbocycles. The topological polar surface area (TPSA) is 15.7 Å². The predicted molar refractivity (Wildman–Crippen MR) is 169 cm³/mol. The van der Waals surface area contributed by atoms with Gasteiger partial charge >= 0.3 is 0 Å². The van der Waals surface area contributed by atoms with Crippen molar-refractivity contribution in [3.8, 4) is 0 Å². The van der Waals surface area contributed by atoms with Crippen molar-refractivity contribution < 1.29 is 4.43 Å². The van der Waals surface area contributed by atoms with Crippen LogP contribution >= 0.6 is 0 Å². The Morgan fingerprint density at radius 3 is 1.21 bits per heavy atom. The Morgan fingerprint density at radius 2 is 0.821 bits per heavy atom. The highest BCUT2D eigenvalue weighted by atomic mass is 28.4. The van der Waals surface area contributed by atoms with Crippen molar-refractivity contribution in [3.63, 3.8) is 0 Å². The Balaban J connectivity index is 1.53. The van der Waals surface area contributed by atoms with Gasteiger partial charge in [-0.15, -0.1) is 0 Å². The third-order valence-corrected chi connectivity index (χ3v) is 9.75. The number of hydrogen-bond donors (Lipinski definition) is 0. The average molecular weight is 529 g/mol. The van der Waals surface area contributed by atoms with E-state index in [2.05, 4.69) is 170 Å². The van der Waals surface area contributed by atoms with E-state index in [0.717, 1.165) is 40.7 Å². The molecule has 0 spiro atoms. The second-order valence-electron chi connectivity index (χ2n) is 10.2. The first kappa shape index (κ1) is 26.5. The van der Waals surface area contributed by atoms with Crippen molar-refractivity contribution in [1.82, 2.24) is 0 Å². The van der Waals surface area contributed by atoms with E-state index in [-0.39, 0.29) is 0 Å². The molecule has 0 heterocycles. The molecule has 39 heavy (non-hydrogen) atoms. The summed E-state index contributed by atoms with van der Waals surface area (Å²) in [7, 11) is -1.91. The van der Waals surface area contributed by atoms with Crippen molar-refractivity contribution in [3.05, 3.63) is 139 Å². The van der Waals surface area contributed by atoms with Crippen LogP contribution in [-0.4, -0.2) is 14.9 Å². The minimum Gasteiger partial charge on any atom is -0.413 e. The SMILES string of the molecule is CCO[Si](C)(C)c1ccc(N(c2ccccc2)c2ccc(N(c3ccccc3)c3ccc(C)cc3)cc2)cc1. The first-order valence-electron chi connectivity index (χ1n) is 13.6. The molecule has 196 valence electrons. The number of benzene rings is 5. The Labute approximate surface area is 234 Å². The van der Waals surface area contributed by atoms with E-state index in [1.54, 1.807) is 0 Å². The van der Waals surface area contributed by atoms with E-state index in [4.69, 9.17) is 4.43 Å². The summed E-state index contributed by atoms with van der Waals surface area (Å²) in [5.74, 6) is 0. The quantitative estimate of drug-likeness (QED) is 0.177. The molecule has 0 saturated carbocycles. The number of nitrogens with zero attached hydrogens (tertiary/aromatic N) is 2. The van der Waals surface area contributed by atoms with Gasteiger partial charge in [0.25, 0.3) is 0 Å². The molecular weight excluding hydrogens is 492 g/mol. The predicted octanol–water partition coefficient (Wildman–Crippen LogP) is 9.38. The lowest BCUT2D eigenvalue weighted by Crippen LogP contribution is -2.44. The van der Waals surface area contributed by atoms with Gasteiger partial charge in [0.2, 0.25) is 8.32 Å². The van der Waals surface area contributed by atoms with Gasteiger partial charge in [-0.05, 0) is 105 Å². The number of anilines is 6. The molecule has 0 saturated heterocycles. The fourth-order valence-corrected chi connectivity index (χ4v) is 6.81. The molecule has 5 aromatic rings. The molecule has 0 radical (unpaired) electrons. The maximum Gasteiger partial charge on any atom is 0.218 e. The van der Waals surface area contributed by atoms with Crippen molar-refractivity contribution in [2.45, 2.75) is 26.9 Å². The number of aryl methyl sites for hydroxylation is 1. The number of hydrogen-bond acceptors (Lipinski definition) is 3. The Morgan fingerprint density at radius 1 is 0.487 bits per heavy atom. The molecule has 0 N–H and O–H groups in total. The Hall–Kier alpha value is -4.12. The van der Waals surface area contributed by atoms with Crippen molar-refractivity contribution in [1.29, 1.82) is 0 Å². The molecule has 5 aromatic carbocycles. The summed E-state index contributed by atoms with van der Waals surface area (Å²) >= 11 is 0. The molecule has 0 unspecified atom stereocenters. The minimum absolute atomic E-state index is 0.742. The molecule has 0 amide bonds. The van der Waals surface area contributed by atoms with Gasteiger partial charge in [-0.1, -0.05) is 66.2 Å². The largest absolute Gasteiger partial charge is 0.413 e. The van der Waals surface area contributed by atoms with E-state index in [1.807, 2.05) is 0 Å². The Kier molecular flexibility index (Phi) is 7.96. The van der Waals surface area contributed by atoms with Crippen LogP contribution < -0.4 is 15.0 Å². The van der Waals surface area contributed by atoms with Gasteiger partial charge in [0.15, 0.2) is 0 Å². The van der Waals surface area contributed by atoms with Crippen LogP contribution in [0.4, 0.5) is 34.1 Å². The van der Waals surface area contributed by atoms with Gasteiger partial charge < -0.3 is 14.2 Å². The van der Waals surface area contributed by atoms with Gasteiger partial charge in [-0.2, -0.15) is 0 Å². The lowest BCUT2D eigenvalue weighted by Gasteiger charge is -2.29. The van der Waals surface area contributed by atoms with Gasteiger partial charge in [0, 0.05) is 40.7 Å². The molecular formula is C35H36N2OSi. The first-order valence-corrected chi connectivity index (χ1v) is 16.5. The zero-order valence-electron chi connectivity index (χ0n) is 23.2. The van der Waals surface area contributed by atoms with E-state index in [1.165, 1.54) is 10.8 Å². The zero-order valence-corrected chi connectivity index (χ0v) is 24.2. The molecule has 0 atom stereocenters.